The molecule has 1 aliphatic heterocycles. The van der Waals surface area contributed by atoms with Gasteiger partial charge in [-0.15, -0.1) is 0 Å². The average molecular weight is 243 g/mol. The van der Waals surface area contributed by atoms with Crippen LogP contribution in [-0.2, 0) is 12.8 Å². The molecule has 3 rings (SSSR count). The van der Waals surface area contributed by atoms with Crippen molar-refractivity contribution in [3.8, 4) is 0 Å². The molecule has 0 N–H and O–H groups in total. The van der Waals surface area contributed by atoms with Gasteiger partial charge in [0.1, 0.15) is 0 Å². The smallest absolute Gasteiger partial charge is 0.0125 e. The van der Waals surface area contributed by atoms with Gasteiger partial charge >= 0.3 is 0 Å². The topological polar surface area (TPSA) is 3.24 Å². The van der Waals surface area contributed by atoms with Crippen molar-refractivity contribution in [1.82, 2.24) is 4.90 Å². The molecule has 0 unspecified atom stereocenters. The number of likely N-dealkylation sites (tertiary alicyclic amines) is 1. The van der Waals surface area contributed by atoms with E-state index in [1.165, 1.54) is 38.8 Å². The van der Waals surface area contributed by atoms with Crippen molar-refractivity contribution >= 4 is 0 Å². The van der Waals surface area contributed by atoms with Crippen LogP contribution in [0.5, 0.6) is 0 Å². The summed E-state index contributed by atoms with van der Waals surface area (Å²) in [5.41, 5.74) is 4.15. The first kappa shape index (κ1) is 12.2. The Morgan fingerprint density at radius 3 is 1.89 bits per heavy atom. The van der Waals surface area contributed by atoms with E-state index in [-0.39, 0.29) is 0 Å². The van der Waals surface area contributed by atoms with Gasteiger partial charge in [0.25, 0.3) is 0 Å². The van der Waals surface area contributed by atoms with Crippen molar-refractivity contribution in [2.45, 2.75) is 52.0 Å². The lowest BCUT2D eigenvalue weighted by atomic mass is 9.75. The first-order valence-corrected chi connectivity index (χ1v) is 7.30. The van der Waals surface area contributed by atoms with E-state index >= 15 is 0 Å². The monoisotopic (exact) mass is 243 g/mol. The summed E-state index contributed by atoms with van der Waals surface area (Å²) < 4.78 is 0. The third-order valence-corrected chi connectivity index (χ3v) is 5.02. The summed E-state index contributed by atoms with van der Waals surface area (Å²) in [7, 11) is 0. The molecule has 0 atom stereocenters. The largest absolute Gasteiger partial charge is 0.298 e. The number of nitrogens with zero attached hydrogens (tertiary/aromatic N) is 1. The Balaban J connectivity index is 1.71. The Hall–Kier alpha value is -0.820. The fourth-order valence-corrected chi connectivity index (χ4v) is 3.78. The number of hydrogen-bond acceptors (Lipinski definition) is 1. The number of hydrogen-bond donors (Lipinski definition) is 0. The number of benzene rings is 1. The lowest BCUT2D eigenvalue weighted by Crippen LogP contribution is -2.49. The zero-order valence-corrected chi connectivity index (χ0v) is 12.0. The van der Waals surface area contributed by atoms with Crippen LogP contribution in [0.2, 0.25) is 0 Å². The highest BCUT2D eigenvalue weighted by Crippen LogP contribution is 2.45. The quantitative estimate of drug-likeness (QED) is 0.672. The molecule has 1 heteroatoms. The highest BCUT2D eigenvalue weighted by Gasteiger charge is 2.41. The van der Waals surface area contributed by atoms with E-state index in [0.29, 0.717) is 11.0 Å². The molecule has 1 aromatic rings. The minimum absolute atomic E-state index is 0.340. The second-order valence-corrected chi connectivity index (χ2v) is 7.28. The zero-order chi connectivity index (χ0) is 12.8. The minimum Gasteiger partial charge on any atom is -0.298 e. The van der Waals surface area contributed by atoms with Gasteiger partial charge in [-0.05, 0) is 76.1 Å². The molecule has 0 radical (unpaired) electrons. The predicted octanol–water partition coefficient (Wildman–Crippen LogP) is 3.67. The zero-order valence-electron chi connectivity index (χ0n) is 12.0. The fraction of sp³-hybridized carbons (Fsp3) is 0.647. The summed E-state index contributed by atoms with van der Waals surface area (Å²) in [6, 6.07) is 9.06. The summed E-state index contributed by atoms with van der Waals surface area (Å²) in [4.78, 5) is 2.65. The van der Waals surface area contributed by atoms with Crippen LogP contribution in [0, 0.1) is 5.41 Å². The van der Waals surface area contributed by atoms with E-state index in [2.05, 4.69) is 49.9 Å². The Morgan fingerprint density at radius 1 is 0.944 bits per heavy atom. The minimum atomic E-state index is 0.340. The second kappa shape index (κ2) is 4.09. The molecule has 0 bridgehead atoms. The van der Waals surface area contributed by atoms with Crippen LogP contribution in [0.25, 0.3) is 0 Å². The van der Waals surface area contributed by atoms with Gasteiger partial charge in [0, 0.05) is 5.54 Å². The summed E-state index contributed by atoms with van der Waals surface area (Å²) >= 11 is 0. The molecule has 2 aliphatic rings. The van der Waals surface area contributed by atoms with Crippen molar-refractivity contribution < 1.29 is 0 Å². The van der Waals surface area contributed by atoms with Crippen LogP contribution < -0.4 is 0 Å². The standard InChI is InChI=1S/C17H25N/c1-16(2,3)18-10-8-17(9-11-18)12-14-6-4-5-7-15(14)13-17/h4-7H,8-13H2,1-3H3. The number of piperidine rings is 1. The van der Waals surface area contributed by atoms with Crippen LogP contribution in [0.4, 0.5) is 0 Å². The molecular weight excluding hydrogens is 218 g/mol. The van der Waals surface area contributed by atoms with E-state index in [1.54, 1.807) is 11.1 Å². The van der Waals surface area contributed by atoms with Gasteiger partial charge in [-0.2, -0.15) is 0 Å². The number of fused-ring (bicyclic) bond motifs is 1. The molecule has 1 heterocycles. The van der Waals surface area contributed by atoms with Crippen molar-refractivity contribution in [3.63, 3.8) is 0 Å². The maximum Gasteiger partial charge on any atom is 0.0125 e. The van der Waals surface area contributed by atoms with E-state index in [4.69, 9.17) is 0 Å². The van der Waals surface area contributed by atoms with Gasteiger partial charge in [0.05, 0.1) is 0 Å². The van der Waals surface area contributed by atoms with E-state index in [1.807, 2.05) is 0 Å². The molecule has 0 amide bonds. The van der Waals surface area contributed by atoms with Gasteiger partial charge in [-0.25, -0.2) is 0 Å². The van der Waals surface area contributed by atoms with Gasteiger partial charge in [-0.3, -0.25) is 4.90 Å². The Morgan fingerprint density at radius 2 is 1.44 bits per heavy atom. The third-order valence-electron chi connectivity index (χ3n) is 5.02. The van der Waals surface area contributed by atoms with Crippen LogP contribution in [0.3, 0.4) is 0 Å². The molecule has 1 aromatic carbocycles. The van der Waals surface area contributed by atoms with Crippen LogP contribution >= 0.6 is 0 Å². The summed E-state index contributed by atoms with van der Waals surface area (Å²) in [6.07, 6.45) is 5.39. The fourth-order valence-electron chi connectivity index (χ4n) is 3.78. The van der Waals surface area contributed by atoms with Crippen molar-refractivity contribution in [2.24, 2.45) is 5.41 Å². The first-order valence-electron chi connectivity index (χ1n) is 7.30. The van der Waals surface area contributed by atoms with Crippen LogP contribution in [0.1, 0.15) is 44.7 Å². The normalized spacial score (nSPS) is 23.3. The van der Waals surface area contributed by atoms with Crippen LogP contribution in [0.15, 0.2) is 24.3 Å². The average Bonchev–Trinajstić information content (AvgIpc) is 2.65. The highest BCUT2D eigenvalue weighted by atomic mass is 15.2. The van der Waals surface area contributed by atoms with Crippen molar-refractivity contribution in [2.75, 3.05) is 13.1 Å². The van der Waals surface area contributed by atoms with Gasteiger partial charge in [0.2, 0.25) is 0 Å². The summed E-state index contributed by atoms with van der Waals surface area (Å²) in [6.45, 7) is 9.58. The summed E-state index contributed by atoms with van der Waals surface area (Å²) in [5.74, 6) is 0. The maximum atomic E-state index is 2.65. The maximum absolute atomic E-state index is 2.65. The number of rotatable bonds is 0. The van der Waals surface area contributed by atoms with Gasteiger partial charge < -0.3 is 0 Å². The second-order valence-electron chi connectivity index (χ2n) is 7.28. The molecule has 0 saturated carbocycles. The SMILES string of the molecule is CC(C)(C)N1CCC2(CC1)Cc1ccccc1C2. The Kier molecular flexibility index (Phi) is 2.78. The molecule has 0 aromatic heterocycles. The predicted molar refractivity (Wildman–Crippen MR) is 76.8 cm³/mol. The van der Waals surface area contributed by atoms with Crippen LogP contribution in [-0.4, -0.2) is 23.5 Å². The van der Waals surface area contributed by atoms with E-state index in [0.717, 1.165) is 0 Å². The first-order chi connectivity index (χ1) is 8.49. The molecule has 1 aliphatic carbocycles. The highest BCUT2D eigenvalue weighted by molar-refractivity contribution is 5.34. The molecule has 1 spiro atoms. The lowest BCUT2D eigenvalue weighted by molar-refractivity contribution is 0.0472. The van der Waals surface area contributed by atoms with Crippen molar-refractivity contribution in [1.29, 1.82) is 0 Å². The molecular formula is C17H25N. The van der Waals surface area contributed by atoms with Crippen molar-refractivity contribution in [3.05, 3.63) is 35.4 Å². The Bertz CT molecular complexity index is 406. The molecule has 1 fully saturated rings. The van der Waals surface area contributed by atoms with E-state index in [9.17, 15) is 0 Å². The Labute approximate surface area is 111 Å². The third kappa shape index (κ3) is 2.09. The summed E-state index contributed by atoms with van der Waals surface area (Å²) in [5, 5.41) is 0. The van der Waals surface area contributed by atoms with Gasteiger partial charge in [0.15, 0.2) is 0 Å². The molecule has 98 valence electrons. The van der Waals surface area contributed by atoms with E-state index < -0.39 is 0 Å². The molecule has 1 nitrogen and oxygen atoms in total. The van der Waals surface area contributed by atoms with Gasteiger partial charge in [-0.1, -0.05) is 24.3 Å². The lowest BCUT2D eigenvalue weighted by Gasteiger charge is -2.45. The molecule has 1 saturated heterocycles. The molecule has 18 heavy (non-hydrogen) atoms.